The lowest BCUT2D eigenvalue weighted by Crippen LogP contribution is -2.08. The van der Waals surface area contributed by atoms with E-state index in [0.717, 1.165) is 44.7 Å². The monoisotopic (exact) mass is 436 g/mol. The number of aryl methyl sites for hydroxylation is 1. The summed E-state index contributed by atoms with van der Waals surface area (Å²) >= 11 is 0. The Kier molecular flexibility index (Phi) is 4.19. The first-order valence-electron chi connectivity index (χ1n) is 10.4. The van der Waals surface area contributed by atoms with Crippen LogP contribution in [0.5, 0.6) is 0 Å². The highest BCUT2D eigenvalue weighted by atomic mass is 15.2. The number of aromatic nitrogens is 9. The van der Waals surface area contributed by atoms with E-state index in [1.165, 1.54) is 0 Å². The number of H-pyrrole nitrogens is 2. The molecule has 0 amide bonds. The van der Waals surface area contributed by atoms with E-state index in [4.69, 9.17) is 9.97 Å². The van der Waals surface area contributed by atoms with Crippen LogP contribution in [0.1, 0.15) is 5.69 Å². The maximum Gasteiger partial charge on any atom is 0.166 e. The van der Waals surface area contributed by atoms with E-state index < -0.39 is 0 Å². The van der Waals surface area contributed by atoms with Crippen LogP contribution in [-0.4, -0.2) is 58.8 Å². The van der Waals surface area contributed by atoms with Gasteiger partial charge < -0.3 is 9.88 Å². The molecule has 0 aliphatic carbocycles. The van der Waals surface area contributed by atoms with Crippen LogP contribution in [0.25, 0.3) is 50.7 Å². The predicted octanol–water partition coefficient (Wildman–Crippen LogP) is 3.52. The second-order valence-corrected chi connectivity index (χ2v) is 8.03. The van der Waals surface area contributed by atoms with Crippen molar-refractivity contribution in [1.29, 1.82) is 0 Å². The van der Waals surface area contributed by atoms with Crippen LogP contribution in [0, 0.1) is 6.92 Å². The molecule has 0 aliphatic rings. The number of nitrogens with zero attached hydrogens (tertiary/aromatic N) is 8. The zero-order valence-corrected chi connectivity index (χ0v) is 18.3. The van der Waals surface area contributed by atoms with E-state index in [-0.39, 0.29) is 0 Å². The normalized spacial score (nSPS) is 11.5. The van der Waals surface area contributed by atoms with Crippen LogP contribution in [0.3, 0.4) is 0 Å². The van der Waals surface area contributed by atoms with Crippen molar-refractivity contribution in [2.45, 2.75) is 6.92 Å². The number of rotatable bonds is 4. The Morgan fingerprint density at radius 1 is 0.970 bits per heavy atom. The van der Waals surface area contributed by atoms with Gasteiger partial charge in [-0.3, -0.25) is 14.6 Å². The van der Waals surface area contributed by atoms with Gasteiger partial charge in [-0.05, 0) is 31.2 Å². The first kappa shape index (κ1) is 19.1. The number of imidazole rings is 2. The quantitative estimate of drug-likeness (QED) is 0.434. The third-order valence-corrected chi connectivity index (χ3v) is 5.51. The molecule has 0 unspecified atom stereocenters. The van der Waals surface area contributed by atoms with Crippen LogP contribution in [0.15, 0.2) is 55.4 Å². The van der Waals surface area contributed by atoms with Crippen molar-refractivity contribution >= 4 is 27.8 Å². The molecule has 0 saturated heterocycles. The van der Waals surface area contributed by atoms with Gasteiger partial charge in [0.15, 0.2) is 17.3 Å². The molecule has 0 aliphatic heterocycles. The fourth-order valence-corrected chi connectivity index (χ4v) is 3.80. The molecular formula is C23H20N10. The molecule has 0 spiro atoms. The highest BCUT2D eigenvalue weighted by Gasteiger charge is 2.17. The van der Waals surface area contributed by atoms with Crippen LogP contribution < -0.4 is 4.90 Å². The summed E-state index contributed by atoms with van der Waals surface area (Å²) < 4.78 is 1.87. The Labute approximate surface area is 188 Å². The van der Waals surface area contributed by atoms with Gasteiger partial charge in [0.2, 0.25) is 0 Å². The zero-order chi connectivity index (χ0) is 22.5. The van der Waals surface area contributed by atoms with Gasteiger partial charge in [-0.2, -0.15) is 5.10 Å². The lowest BCUT2D eigenvalue weighted by atomic mass is 10.1. The molecular weight excluding hydrogens is 416 g/mol. The summed E-state index contributed by atoms with van der Waals surface area (Å²) in [5.74, 6) is 1.32. The maximum atomic E-state index is 4.89. The highest BCUT2D eigenvalue weighted by Crippen LogP contribution is 2.29. The van der Waals surface area contributed by atoms with Gasteiger partial charge in [0, 0.05) is 38.2 Å². The van der Waals surface area contributed by atoms with Crippen molar-refractivity contribution in [3.63, 3.8) is 0 Å². The fraction of sp³-hybridized carbons (Fsp3) is 0.130. The Morgan fingerprint density at radius 3 is 2.70 bits per heavy atom. The summed E-state index contributed by atoms with van der Waals surface area (Å²) in [5.41, 5.74) is 7.46. The summed E-state index contributed by atoms with van der Waals surface area (Å²) in [7, 11) is 3.97. The van der Waals surface area contributed by atoms with Crippen LogP contribution in [0.2, 0.25) is 0 Å². The van der Waals surface area contributed by atoms with Gasteiger partial charge in [-0.15, -0.1) is 0 Å². The van der Waals surface area contributed by atoms with Gasteiger partial charge in [0.25, 0.3) is 0 Å². The van der Waals surface area contributed by atoms with E-state index in [1.807, 2.05) is 67.3 Å². The minimum Gasteiger partial charge on any atom is -0.376 e. The van der Waals surface area contributed by atoms with E-state index in [0.29, 0.717) is 17.3 Å². The van der Waals surface area contributed by atoms with E-state index in [2.05, 4.69) is 36.2 Å². The molecule has 0 fully saturated rings. The molecule has 6 aromatic rings. The van der Waals surface area contributed by atoms with Crippen molar-refractivity contribution in [3.8, 4) is 28.6 Å². The second kappa shape index (κ2) is 7.23. The number of hydrogen-bond donors (Lipinski definition) is 2. The average molecular weight is 436 g/mol. The SMILES string of the molecule is Cc1cn(-c2nccc3[nH]c(-c4n[nH]c5ccc(-c6cncc(N(C)C)c6)nc45)nc23)cn1. The Balaban J connectivity index is 1.48. The van der Waals surface area contributed by atoms with Gasteiger partial charge in [-0.25, -0.2) is 19.9 Å². The topological polar surface area (TPSA) is 117 Å². The van der Waals surface area contributed by atoms with Gasteiger partial charge in [-0.1, -0.05) is 0 Å². The largest absolute Gasteiger partial charge is 0.376 e. The van der Waals surface area contributed by atoms with Crippen LogP contribution >= 0.6 is 0 Å². The molecule has 0 atom stereocenters. The van der Waals surface area contributed by atoms with Gasteiger partial charge in [0.05, 0.1) is 34.3 Å². The third-order valence-electron chi connectivity index (χ3n) is 5.51. The average Bonchev–Trinajstić information content (AvgIpc) is 3.55. The minimum absolute atomic E-state index is 0.618. The van der Waals surface area contributed by atoms with Crippen molar-refractivity contribution in [1.82, 2.24) is 44.7 Å². The maximum absolute atomic E-state index is 4.89. The highest BCUT2D eigenvalue weighted by molar-refractivity contribution is 5.92. The number of anilines is 1. The number of nitrogens with one attached hydrogen (secondary N) is 2. The molecule has 0 bridgehead atoms. The van der Waals surface area contributed by atoms with Crippen molar-refractivity contribution in [2.75, 3.05) is 19.0 Å². The summed E-state index contributed by atoms with van der Waals surface area (Å²) in [6, 6.07) is 7.89. The molecule has 10 heteroatoms. The lowest BCUT2D eigenvalue weighted by Gasteiger charge is -2.12. The first-order chi connectivity index (χ1) is 16.1. The first-order valence-corrected chi connectivity index (χ1v) is 10.4. The molecule has 162 valence electrons. The van der Waals surface area contributed by atoms with Crippen LogP contribution in [0.4, 0.5) is 5.69 Å². The molecule has 0 saturated carbocycles. The molecule has 0 aromatic carbocycles. The van der Waals surface area contributed by atoms with E-state index >= 15 is 0 Å². The van der Waals surface area contributed by atoms with Gasteiger partial charge in [0.1, 0.15) is 17.4 Å². The number of hydrogen-bond acceptors (Lipinski definition) is 7. The summed E-state index contributed by atoms with van der Waals surface area (Å²) in [4.78, 5) is 28.3. The number of fused-ring (bicyclic) bond motifs is 2. The van der Waals surface area contributed by atoms with Gasteiger partial charge >= 0.3 is 0 Å². The van der Waals surface area contributed by atoms with Crippen molar-refractivity contribution < 1.29 is 0 Å². The zero-order valence-electron chi connectivity index (χ0n) is 18.3. The predicted molar refractivity (Wildman–Crippen MR) is 126 cm³/mol. The standard InChI is InChI=1S/C23H20N10/c1-13-11-33(12-26-13)23-20-17(6-7-25-23)28-22(29-20)21-19-18(30-31-21)5-4-16(27-19)14-8-15(32(2)3)10-24-9-14/h4-12H,1-3H3,(H,28,29)(H,30,31). The summed E-state index contributed by atoms with van der Waals surface area (Å²) in [6.45, 7) is 1.94. The Bertz CT molecular complexity index is 1620. The summed E-state index contributed by atoms with van der Waals surface area (Å²) in [5, 5.41) is 7.56. The van der Waals surface area contributed by atoms with Crippen molar-refractivity contribution in [2.24, 2.45) is 0 Å². The third kappa shape index (κ3) is 3.19. The fourth-order valence-electron chi connectivity index (χ4n) is 3.80. The molecule has 2 N–H and O–H groups in total. The molecule has 6 aromatic heterocycles. The summed E-state index contributed by atoms with van der Waals surface area (Å²) in [6.07, 6.45) is 9.04. The lowest BCUT2D eigenvalue weighted by molar-refractivity contribution is 1.00. The molecule has 10 nitrogen and oxygen atoms in total. The van der Waals surface area contributed by atoms with E-state index in [9.17, 15) is 0 Å². The van der Waals surface area contributed by atoms with Crippen molar-refractivity contribution in [3.05, 3.63) is 61.1 Å². The number of aromatic amines is 2. The Hall–Kier alpha value is -4.60. The Morgan fingerprint density at radius 2 is 1.88 bits per heavy atom. The van der Waals surface area contributed by atoms with Crippen LogP contribution in [-0.2, 0) is 0 Å². The second-order valence-electron chi connectivity index (χ2n) is 8.03. The molecule has 0 radical (unpaired) electrons. The molecule has 33 heavy (non-hydrogen) atoms. The molecule has 6 heterocycles. The smallest absolute Gasteiger partial charge is 0.166 e. The van der Waals surface area contributed by atoms with E-state index in [1.54, 1.807) is 12.5 Å². The number of pyridine rings is 3. The minimum atomic E-state index is 0.618. The molecule has 6 rings (SSSR count).